The molecule has 2 N–H and O–H groups in total. The third-order valence-corrected chi connectivity index (χ3v) is 3.47. The van der Waals surface area contributed by atoms with Crippen molar-refractivity contribution in [3.8, 4) is 5.75 Å². The quantitative estimate of drug-likeness (QED) is 0.849. The Morgan fingerprint density at radius 3 is 2.59 bits per heavy atom. The Morgan fingerprint density at radius 1 is 1.24 bits per heavy atom. The number of benzene rings is 1. The Labute approximate surface area is 106 Å². The molecule has 0 radical (unpaired) electrons. The van der Waals surface area contributed by atoms with Gasteiger partial charge in [-0.15, -0.1) is 0 Å². The van der Waals surface area contributed by atoms with Gasteiger partial charge < -0.3 is 10.4 Å². The minimum absolute atomic E-state index is 0.323. The average Bonchev–Trinajstić information content (AvgIpc) is 2.85. The summed E-state index contributed by atoms with van der Waals surface area (Å²) in [5, 5.41) is 17.1. The molecule has 17 heavy (non-hydrogen) atoms. The van der Waals surface area contributed by atoms with E-state index in [2.05, 4.69) is 29.1 Å². The summed E-state index contributed by atoms with van der Waals surface area (Å²) in [5.41, 5.74) is 2.57. The highest BCUT2D eigenvalue weighted by Gasteiger charge is 2.11. The molecule has 0 spiro atoms. The Balaban J connectivity index is 2.10. The summed E-state index contributed by atoms with van der Waals surface area (Å²) in [6, 6.07) is 9.96. The van der Waals surface area contributed by atoms with E-state index in [-0.39, 0.29) is 0 Å². The molecule has 0 amide bonds. The summed E-state index contributed by atoms with van der Waals surface area (Å²) in [6.07, 6.45) is 0.949. The predicted octanol–water partition coefficient (Wildman–Crippen LogP) is 3.35. The highest BCUT2D eigenvalue weighted by Crippen LogP contribution is 2.21. The molecule has 0 fully saturated rings. The van der Waals surface area contributed by atoms with Gasteiger partial charge in [0.15, 0.2) is 0 Å². The summed E-state index contributed by atoms with van der Waals surface area (Å²) in [7, 11) is 0. The molecule has 2 rings (SSSR count). The zero-order valence-electron chi connectivity index (χ0n) is 9.89. The number of hydrogen-bond acceptors (Lipinski definition) is 3. The molecule has 0 aliphatic carbocycles. The molecule has 3 heteroatoms. The maximum absolute atomic E-state index is 9.26. The second kappa shape index (κ2) is 5.84. The topological polar surface area (TPSA) is 32.3 Å². The summed E-state index contributed by atoms with van der Waals surface area (Å²) >= 11 is 1.73. The molecule has 0 aliphatic rings. The van der Waals surface area contributed by atoms with Crippen LogP contribution in [-0.4, -0.2) is 11.7 Å². The van der Waals surface area contributed by atoms with Crippen LogP contribution in [0.4, 0.5) is 0 Å². The highest BCUT2D eigenvalue weighted by atomic mass is 32.1. The highest BCUT2D eigenvalue weighted by molar-refractivity contribution is 7.07. The lowest BCUT2D eigenvalue weighted by atomic mass is 10.0. The van der Waals surface area contributed by atoms with Gasteiger partial charge in [0.05, 0.1) is 0 Å². The first-order chi connectivity index (χ1) is 8.29. The monoisotopic (exact) mass is 247 g/mol. The van der Waals surface area contributed by atoms with E-state index in [1.54, 1.807) is 23.5 Å². The van der Waals surface area contributed by atoms with Crippen molar-refractivity contribution in [1.82, 2.24) is 5.32 Å². The summed E-state index contributed by atoms with van der Waals surface area (Å²) in [4.78, 5) is 0. The Kier molecular flexibility index (Phi) is 4.18. The fraction of sp³-hybridized carbons (Fsp3) is 0.286. The fourth-order valence-corrected chi connectivity index (χ4v) is 2.61. The van der Waals surface area contributed by atoms with Crippen LogP contribution in [0.3, 0.4) is 0 Å². The molecular weight excluding hydrogens is 230 g/mol. The zero-order chi connectivity index (χ0) is 12.1. The molecule has 0 saturated heterocycles. The average molecular weight is 247 g/mol. The minimum atomic E-state index is 0.323. The van der Waals surface area contributed by atoms with Crippen LogP contribution in [0.2, 0.25) is 0 Å². The Hall–Kier alpha value is -1.32. The van der Waals surface area contributed by atoms with Crippen LogP contribution in [0, 0.1) is 0 Å². The first-order valence-electron chi connectivity index (χ1n) is 5.83. The first kappa shape index (κ1) is 12.1. The standard InChI is InChI=1S/C14H17NOS/c1-2-15-14(12-7-8-17-10-12)9-11-3-5-13(16)6-4-11/h3-8,10,14-16H,2,9H2,1H3. The maximum Gasteiger partial charge on any atom is 0.115 e. The predicted molar refractivity (Wildman–Crippen MR) is 72.5 cm³/mol. The first-order valence-corrected chi connectivity index (χ1v) is 6.77. The third kappa shape index (κ3) is 3.32. The summed E-state index contributed by atoms with van der Waals surface area (Å²) < 4.78 is 0. The second-order valence-corrected chi connectivity index (χ2v) is 4.82. The normalized spacial score (nSPS) is 12.5. The third-order valence-electron chi connectivity index (χ3n) is 2.77. The molecule has 90 valence electrons. The van der Waals surface area contributed by atoms with Gasteiger partial charge in [0.1, 0.15) is 5.75 Å². The molecule has 2 nitrogen and oxygen atoms in total. The number of rotatable bonds is 5. The van der Waals surface area contributed by atoms with Crippen molar-refractivity contribution in [2.24, 2.45) is 0 Å². The molecule has 1 unspecified atom stereocenters. The number of hydrogen-bond donors (Lipinski definition) is 2. The van der Waals surface area contributed by atoms with Crippen LogP contribution in [0.1, 0.15) is 24.1 Å². The van der Waals surface area contributed by atoms with Gasteiger partial charge in [-0.05, 0) is 53.1 Å². The molecule has 1 atom stereocenters. The lowest BCUT2D eigenvalue weighted by molar-refractivity contribution is 0.474. The Bertz CT molecular complexity index is 436. The van der Waals surface area contributed by atoms with Crippen LogP contribution >= 0.6 is 11.3 Å². The van der Waals surface area contributed by atoms with E-state index in [1.165, 1.54) is 11.1 Å². The van der Waals surface area contributed by atoms with E-state index in [4.69, 9.17) is 0 Å². The van der Waals surface area contributed by atoms with Crippen LogP contribution in [-0.2, 0) is 6.42 Å². The van der Waals surface area contributed by atoms with Crippen molar-refractivity contribution >= 4 is 11.3 Å². The van der Waals surface area contributed by atoms with Crippen LogP contribution in [0.25, 0.3) is 0 Å². The zero-order valence-corrected chi connectivity index (χ0v) is 10.7. The SMILES string of the molecule is CCNC(Cc1ccc(O)cc1)c1ccsc1. The maximum atomic E-state index is 9.26. The minimum Gasteiger partial charge on any atom is -0.508 e. The number of nitrogens with one attached hydrogen (secondary N) is 1. The van der Waals surface area contributed by atoms with Crippen molar-refractivity contribution in [1.29, 1.82) is 0 Å². The van der Waals surface area contributed by atoms with Crippen molar-refractivity contribution < 1.29 is 5.11 Å². The summed E-state index contributed by atoms with van der Waals surface area (Å²) in [5.74, 6) is 0.323. The molecule has 0 aliphatic heterocycles. The van der Waals surface area contributed by atoms with Gasteiger partial charge in [0.2, 0.25) is 0 Å². The van der Waals surface area contributed by atoms with Gasteiger partial charge in [-0.2, -0.15) is 11.3 Å². The Morgan fingerprint density at radius 2 is 2.00 bits per heavy atom. The molecule has 1 aromatic heterocycles. The van der Waals surface area contributed by atoms with Crippen LogP contribution < -0.4 is 5.32 Å². The van der Waals surface area contributed by atoms with E-state index in [0.29, 0.717) is 11.8 Å². The molecular formula is C14H17NOS. The van der Waals surface area contributed by atoms with Gasteiger partial charge in [0, 0.05) is 6.04 Å². The molecule has 1 heterocycles. The number of phenols is 1. The lowest BCUT2D eigenvalue weighted by Crippen LogP contribution is -2.22. The van der Waals surface area contributed by atoms with E-state index >= 15 is 0 Å². The number of phenolic OH excluding ortho intramolecular Hbond substituents is 1. The van der Waals surface area contributed by atoms with E-state index in [9.17, 15) is 5.11 Å². The number of thiophene rings is 1. The fourth-order valence-electron chi connectivity index (χ4n) is 1.90. The second-order valence-electron chi connectivity index (χ2n) is 4.04. The van der Waals surface area contributed by atoms with Gasteiger partial charge in [-0.25, -0.2) is 0 Å². The molecule has 1 aromatic carbocycles. The van der Waals surface area contributed by atoms with Gasteiger partial charge >= 0.3 is 0 Å². The van der Waals surface area contributed by atoms with E-state index in [1.807, 2.05) is 12.1 Å². The van der Waals surface area contributed by atoms with Gasteiger partial charge in [-0.3, -0.25) is 0 Å². The van der Waals surface area contributed by atoms with Gasteiger partial charge in [-0.1, -0.05) is 19.1 Å². The van der Waals surface area contributed by atoms with Crippen molar-refractivity contribution in [3.05, 3.63) is 52.2 Å². The largest absolute Gasteiger partial charge is 0.508 e. The van der Waals surface area contributed by atoms with Gasteiger partial charge in [0.25, 0.3) is 0 Å². The van der Waals surface area contributed by atoms with Crippen LogP contribution in [0.5, 0.6) is 5.75 Å². The van der Waals surface area contributed by atoms with E-state index < -0.39 is 0 Å². The van der Waals surface area contributed by atoms with Crippen molar-refractivity contribution in [3.63, 3.8) is 0 Å². The van der Waals surface area contributed by atoms with Crippen molar-refractivity contribution in [2.75, 3.05) is 6.54 Å². The molecule has 0 bridgehead atoms. The number of likely N-dealkylation sites (N-methyl/N-ethyl adjacent to an activating group) is 1. The molecule has 2 aromatic rings. The molecule has 0 saturated carbocycles. The van der Waals surface area contributed by atoms with E-state index in [0.717, 1.165) is 13.0 Å². The van der Waals surface area contributed by atoms with Crippen molar-refractivity contribution in [2.45, 2.75) is 19.4 Å². The summed E-state index contributed by atoms with van der Waals surface area (Å²) in [6.45, 7) is 3.08. The smallest absolute Gasteiger partial charge is 0.115 e. The number of aromatic hydroxyl groups is 1. The lowest BCUT2D eigenvalue weighted by Gasteiger charge is -2.17. The van der Waals surface area contributed by atoms with Crippen LogP contribution in [0.15, 0.2) is 41.1 Å².